The van der Waals surface area contributed by atoms with Crippen LogP contribution in [0.1, 0.15) is 114 Å². The van der Waals surface area contributed by atoms with Crippen LogP contribution in [0.2, 0.25) is 5.02 Å². The number of nitrogens with zero attached hydrogens (tertiary/aromatic N) is 4. The van der Waals surface area contributed by atoms with Gasteiger partial charge in [-0.05, 0) is 89.6 Å². The summed E-state index contributed by atoms with van der Waals surface area (Å²) < 4.78 is 13.4. The summed E-state index contributed by atoms with van der Waals surface area (Å²) in [5.41, 5.74) is 0.212. The highest BCUT2D eigenvalue weighted by molar-refractivity contribution is 7.15. The number of thiophene rings is 1. The normalized spacial score (nSPS) is 31.3. The van der Waals surface area contributed by atoms with E-state index in [1.807, 2.05) is 83.4 Å². The molecule has 1 aliphatic heterocycles. The van der Waals surface area contributed by atoms with Crippen LogP contribution < -0.4 is 0 Å². The molecule has 2 fully saturated rings. The molecule has 0 saturated heterocycles. The van der Waals surface area contributed by atoms with Crippen molar-refractivity contribution in [1.82, 2.24) is 14.8 Å². The third-order valence-corrected chi connectivity index (χ3v) is 14.8. The van der Waals surface area contributed by atoms with Crippen LogP contribution in [0.3, 0.4) is 0 Å². The zero-order valence-corrected chi connectivity index (χ0v) is 37.2. The first-order valence-electron chi connectivity index (χ1n) is 20.2. The Balaban J connectivity index is 0.000000180. The monoisotopic (exact) mass is 846 g/mol. The van der Waals surface area contributed by atoms with Crippen molar-refractivity contribution < 1.29 is 39.2 Å². The van der Waals surface area contributed by atoms with Crippen LogP contribution in [-0.4, -0.2) is 82.5 Å². The van der Waals surface area contributed by atoms with Gasteiger partial charge in [-0.2, -0.15) is 0 Å². The Morgan fingerprint density at radius 3 is 2.32 bits per heavy atom. The summed E-state index contributed by atoms with van der Waals surface area (Å²) in [5, 5.41) is 43.8. The van der Waals surface area contributed by atoms with E-state index in [-0.39, 0.29) is 54.4 Å². The zero-order valence-electron chi connectivity index (χ0n) is 35.6. The highest BCUT2D eigenvalue weighted by Gasteiger charge is 2.83. The first-order chi connectivity index (χ1) is 27.4. The molecule has 59 heavy (non-hydrogen) atoms. The van der Waals surface area contributed by atoms with E-state index in [9.17, 15) is 29.7 Å². The van der Waals surface area contributed by atoms with Crippen LogP contribution in [0.25, 0.3) is 5.00 Å². The summed E-state index contributed by atoms with van der Waals surface area (Å²) in [5.74, 6) is -1.33. The summed E-state index contributed by atoms with van der Waals surface area (Å²) in [6.45, 7) is 20.4. The van der Waals surface area contributed by atoms with E-state index in [2.05, 4.69) is 24.0 Å². The van der Waals surface area contributed by atoms with E-state index >= 15 is 0 Å². The number of carbonyl (C=O) groups excluding carboxylic acids is 3. The van der Waals surface area contributed by atoms with Crippen LogP contribution in [0, 0.1) is 49.9 Å². The van der Waals surface area contributed by atoms with Crippen molar-refractivity contribution in [3.8, 4) is 5.00 Å². The smallest absolute Gasteiger partial charge is 0.308 e. The molecule has 0 radical (unpaired) electrons. The highest BCUT2D eigenvalue weighted by atomic mass is 35.5. The molecule has 316 valence electrons. The van der Waals surface area contributed by atoms with Gasteiger partial charge in [0, 0.05) is 57.5 Å². The first kappa shape index (κ1) is 43.1. The summed E-state index contributed by atoms with van der Waals surface area (Å²) >= 11 is 7.82. The van der Waals surface area contributed by atoms with Gasteiger partial charge in [0.2, 0.25) is 0 Å². The maximum Gasteiger partial charge on any atom is 0.308 e. The Morgan fingerprint density at radius 2 is 1.71 bits per heavy atom. The molecule has 8 rings (SSSR count). The van der Waals surface area contributed by atoms with Crippen molar-refractivity contribution in [2.75, 3.05) is 6.61 Å². The predicted octanol–water partition coefficient (Wildman–Crippen LogP) is 7.06. The van der Waals surface area contributed by atoms with Gasteiger partial charge in [-0.3, -0.25) is 23.9 Å². The van der Waals surface area contributed by atoms with Crippen LogP contribution in [0.5, 0.6) is 0 Å². The highest BCUT2D eigenvalue weighted by Crippen LogP contribution is 2.76. The number of ether oxygens (including phenoxy) is 2. The fourth-order valence-electron chi connectivity index (χ4n) is 10.5. The van der Waals surface area contributed by atoms with E-state index in [1.54, 1.807) is 24.3 Å². The second kappa shape index (κ2) is 14.6. The Bertz CT molecular complexity index is 2340. The lowest BCUT2D eigenvalue weighted by Crippen LogP contribution is -2.61. The van der Waals surface area contributed by atoms with E-state index in [0.717, 1.165) is 33.2 Å². The number of benzene rings is 1. The molecule has 3 aromatic rings. The minimum absolute atomic E-state index is 0.0000834. The third-order valence-electron chi connectivity index (χ3n) is 13.3. The lowest BCUT2D eigenvalue weighted by atomic mass is 9.60. The van der Waals surface area contributed by atoms with Gasteiger partial charge in [0.15, 0.2) is 11.6 Å². The van der Waals surface area contributed by atoms with Crippen molar-refractivity contribution in [2.24, 2.45) is 34.1 Å². The molecule has 1 aromatic carbocycles. The minimum Gasteiger partial charge on any atom is -0.460 e. The van der Waals surface area contributed by atoms with Gasteiger partial charge in [0.1, 0.15) is 33.7 Å². The molecule has 14 heteroatoms. The number of esters is 2. The molecule has 4 aliphatic carbocycles. The average molecular weight is 847 g/mol. The fourth-order valence-corrected chi connectivity index (χ4v) is 11.9. The lowest BCUT2D eigenvalue weighted by molar-refractivity contribution is -0.186. The van der Waals surface area contributed by atoms with E-state index in [1.165, 1.54) is 11.8 Å². The van der Waals surface area contributed by atoms with Gasteiger partial charge < -0.3 is 24.8 Å². The number of carbonyl (C=O) groups is 3. The SMILES string of the molecule is CC(=O)O[C@@]12C[C@@H](C)[C@@]3(O)[C@@H](C=C(CO)C[C@]4(O)C(=O)C(C)=C[C@@H]34)[C@@H]1C2(C)C.Cc1sc2c(c1C)C(c1ccc(Cl)cc1)=N[C@@H](CC(=O)OC(C)(C)C)c1nnc(C)n1-2. The van der Waals surface area contributed by atoms with Gasteiger partial charge in [-0.25, -0.2) is 0 Å². The van der Waals surface area contributed by atoms with Crippen LogP contribution in [-0.2, 0) is 23.9 Å². The number of aryl methyl sites for hydroxylation is 2. The number of fused-ring (bicyclic) bond motifs is 8. The van der Waals surface area contributed by atoms with E-state index in [0.29, 0.717) is 28.4 Å². The Morgan fingerprint density at radius 1 is 1.05 bits per heavy atom. The number of rotatable bonds is 5. The Labute approximate surface area is 354 Å². The number of Topliss-reactive ketones (excluding diaryl/α,β-unsaturated/α-hetero) is 1. The van der Waals surface area contributed by atoms with Crippen molar-refractivity contribution in [1.29, 1.82) is 0 Å². The number of aliphatic hydroxyl groups excluding tert-OH is 1. The van der Waals surface area contributed by atoms with Gasteiger partial charge >= 0.3 is 11.9 Å². The Hall–Kier alpha value is -4.01. The van der Waals surface area contributed by atoms with Gasteiger partial charge in [-0.15, -0.1) is 21.5 Å². The molecule has 0 bridgehead atoms. The quantitative estimate of drug-likeness (QED) is 0.178. The maximum absolute atomic E-state index is 12.8. The number of hydrogen-bond donors (Lipinski definition) is 3. The number of aliphatic hydroxyl groups is 3. The first-order valence-corrected chi connectivity index (χ1v) is 21.4. The second-order valence-electron chi connectivity index (χ2n) is 18.6. The van der Waals surface area contributed by atoms with Crippen LogP contribution >= 0.6 is 22.9 Å². The number of ketones is 1. The molecule has 3 heterocycles. The lowest BCUT2D eigenvalue weighted by Gasteiger charge is -2.50. The molecule has 5 aliphatic rings. The fraction of sp³-hybridized carbons (Fsp3) is 0.556. The summed E-state index contributed by atoms with van der Waals surface area (Å²) in [6, 6.07) is 7.11. The van der Waals surface area contributed by atoms with E-state index < -0.39 is 40.3 Å². The molecule has 3 N–H and O–H groups in total. The van der Waals surface area contributed by atoms with Crippen LogP contribution in [0.4, 0.5) is 0 Å². The molecule has 0 amide bonds. The van der Waals surface area contributed by atoms with E-state index in [4.69, 9.17) is 26.1 Å². The Kier molecular flexibility index (Phi) is 10.6. The van der Waals surface area contributed by atoms with Gasteiger partial charge in [-0.1, -0.05) is 56.7 Å². The topological polar surface area (TPSA) is 173 Å². The number of aliphatic imine (C=N–C) groups is 1. The van der Waals surface area contributed by atoms with Crippen LogP contribution in [0.15, 0.2) is 52.6 Å². The third kappa shape index (κ3) is 6.85. The van der Waals surface area contributed by atoms with Gasteiger partial charge in [0.05, 0.1) is 24.3 Å². The summed E-state index contributed by atoms with van der Waals surface area (Å²) in [4.78, 5) is 43.7. The number of aromatic nitrogens is 3. The van der Waals surface area contributed by atoms with Crippen molar-refractivity contribution in [3.63, 3.8) is 0 Å². The second-order valence-corrected chi connectivity index (χ2v) is 20.3. The molecule has 12 nitrogen and oxygen atoms in total. The molecule has 0 unspecified atom stereocenters. The van der Waals surface area contributed by atoms with Crippen molar-refractivity contribution >= 4 is 46.4 Å². The van der Waals surface area contributed by atoms with Crippen molar-refractivity contribution in [2.45, 2.75) is 124 Å². The molecule has 2 aromatic heterocycles. The molecule has 2 saturated carbocycles. The summed E-state index contributed by atoms with van der Waals surface area (Å²) in [6.07, 6.45) is 4.08. The van der Waals surface area contributed by atoms with Crippen molar-refractivity contribution in [3.05, 3.63) is 85.8 Å². The maximum atomic E-state index is 12.8. The average Bonchev–Trinajstić information content (AvgIpc) is 3.35. The molecule has 8 atom stereocenters. The molecular weight excluding hydrogens is 792 g/mol. The predicted molar refractivity (Wildman–Crippen MR) is 225 cm³/mol. The zero-order chi connectivity index (χ0) is 43.4. The number of halogens is 1. The molecule has 0 spiro atoms. The largest absolute Gasteiger partial charge is 0.460 e. The van der Waals surface area contributed by atoms with Gasteiger partial charge in [0.25, 0.3) is 0 Å². The standard InChI is InChI=1S/C23H25ClN4O2S.C22H30O6/c1-12-13(2)31-22-19(12)20(15-7-9-16(24)10-8-15)25-17(11-18(29)30-23(4,5)6)21-27-26-14(3)28(21)22;1-11-6-16-20(26,18(11)25)9-14(10-23)7-15-17-19(4,5)21(17,28-13(3)24)8-12(2)22(15,16)27/h7-10,17H,11H2,1-6H3;6-7,12,15-17,23,26-27H,8-10H2,1-5H3/t17-;12-,15+,16-,17-,20-,21+,22-/m01/s1. The number of hydrogen-bond acceptors (Lipinski definition) is 12. The minimum atomic E-state index is -1.75. The summed E-state index contributed by atoms with van der Waals surface area (Å²) in [7, 11) is 0. The molecular formula is C45H55ClN4O8S.